The smallest absolute Gasteiger partial charge is 0.138 e. The van der Waals surface area contributed by atoms with E-state index < -0.39 is 0 Å². The van der Waals surface area contributed by atoms with Crippen molar-refractivity contribution in [3.05, 3.63) is 83.9 Å². The largest absolute Gasteiger partial charge is 0.378 e. The van der Waals surface area contributed by atoms with Gasteiger partial charge in [-0.2, -0.15) is 0 Å². The lowest BCUT2D eigenvalue weighted by Gasteiger charge is -2.12. The minimum absolute atomic E-state index is 0.889. The Kier molecular flexibility index (Phi) is 4.74. The van der Waals surface area contributed by atoms with Gasteiger partial charge < -0.3 is 9.88 Å². The van der Waals surface area contributed by atoms with Crippen molar-refractivity contribution < 1.29 is 0 Å². The molecule has 0 bridgehead atoms. The lowest BCUT2D eigenvalue weighted by molar-refractivity contribution is 1.13. The summed E-state index contributed by atoms with van der Waals surface area (Å²) >= 11 is 0. The maximum Gasteiger partial charge on any atom is 0.138 e. The van der Waals surface area contributed by atoms with E-state index in [2.05, 4.69) is 90.5 Å². The number of hydrogen-bond donors (Lipinski definition) is 1. The summed E-state index contributed by atoms with van der Waals surface area (Å²) in [6.45, 7) is 4.28. The molecular formula is C25H25N3. The molecule has 4 rings (SSSR count). The lowest BCUT2D eigenvalue weighted by Crippen LogP contribution is -2.07. The molecule has 1 N–H and O–H groups in total. The highest BCUT2D eigenvalue weighted by atomic mass is 15.1. The second-order valence-electron chi connectivity index (χ2n) is 7.43. The van der Waals surface area contributed by atoms with Crippen LogP contribution in [-0.2, 0) is 0 Å². The van der Waals surface area contributed by atoms with Crippen molar-refractivity contribution in [1.29, 1.82) is 0 Å². The van der Waals surface area contributed by atoms with Gasteiger partial charge in [-0.1, -0.05) is 48.0 Å². The highest BCUT2D eigenvalue weighted by Crippen LogP contribution is 2.35. The van der Waals surface area contributed by atoms with E-state index in [0.717, 1.165) is 28.3 Å². The molecule has 1 heterocycles. The van der Waals surface area contributed by atoms with Crippen molar-refractivity contribution in [3.63, 3.8) is 0 Å². The Morgan fingerprint density at radius 2 is 1.50 bits per heavy atom. The number of imidazole rings is 1. The van der Waals surface area contributed by atoms with Crippen molar-refractivity contribution in [1.82, 2.24) is 9.97 Å². The van der Waals surface area contributed by atoms with Crippen LogP contribution in [0.15, 0.2) is 72.8 Å². The van der Waals surface area contributed by atoms with Crippen LogP contribution in [0.5, 0.6) is 0 Å². The van der Waals surface area contributed by atoms with E-state index >= 15 is 0 Å². The maximum atomic E-state index is 5.00. The van der Waals surface area contributed by atoms with Crippen molar-refractivity contribution in [2.75, 3.05) is 19.0 Å². The molecular weight excluding hydrogens is 342 g/mol. The number of benzene rings is 3. The summed E-state index contributed by atoms with van der Waals surface area (Å²) in [7, 11) is 4.10. The standard InChI is InChI=1S/C25H25N3/c1-17-10-11-18(2)22(16-17)24-23(19-8-6-5-7-9-19)26-25(27-24)20-12-14-21(15-13-20)28(3)4/h5-16H,1-4H3,(H,26,27). The highest BCUT2D eigenvalue weighted by Gasteiger charge is 2.17. The summed E-state index contributed by atoms with van der Waals surface area (Å²) in [5, 5.41) is 0. The van der Waals surface area contributed by atoms with Crippen molar-refractivity contribution in [2.45, 2.75) is 13.8 Å². The minimum atomic E-state index is 0.889. The SMILES string of the molecule is Cc1ccc(C)c(-c2[nH]c(-c3ccc(N(C)C)cc3)nc2-c2ccccc2)c1. The van der Waals surface area contributed by atoms with Gasteiger partial charge in [0.25, 0.3) is 0 Å². The minimum Gasteiger partial charge on any atom is -0.378 e. The molecule has 0 spiro atoms. The Hall–Kier alpha value is -3.33. The molecule has 0 aliphatic heterocycles. The van der Waals surface area contributed by atoms with Gasteiger partial charge in [0.1, 0.15) is 5.82 Å². The van der Waals surface area contributed by atoms with Crippen LogP contribution < -0.4 is 4.90 Å². The summed E-state index contributed by atoms with van der Waals surface area (Å²) in [5.41, 5.74) is 9.10. The molecule has 0 aliphatic rings. The second-order valence-corrected chi connectivity index (χ2v) is 7.43. The average molecular weight is 367 g/mol. The predicted molar refractivity (Wildman–Crippen MR) is 119 cm³/mol. The average Bonchev–Trinajstić information content (AvgIpc) is 3.16. The molecule has 0 atom stereocenters. The monoisotopic (exact) mass is 367 g/mol. The number of anilines is 1. The molecule has 28 heavy (non-hydrogen) atoms. The third kappa shape index (κ3) is 3.44. The van der Waals surface area contributed by atoms with Crippen LogP contribution in [0.1, 0.15) is 11.1 Å². The molecule has 3 heteroatoms. The molecule has 0 saturated heterocycles. The van der Waals surface area contributed by atoms with Gasteiger partial charge in [-0.3, -0.25) is 0 Å². The first kappa shape index (κ1) is 18.1. The molecule has 1 aromatic heterocycles. The van der Waals surface area contributed by atoms with Gasteiger partial charge in [-0.25, -0.2) is 4.98 Å². The molecule has 3 nitrogen and oxygen atoms in total. The molecule has 4 aromatic rings. The highest BCUT2D eigenvalue weighted by molar-refractivity contribution is 5.83. The fourth-order valence-electron chi connectivity index (χ4n) is 3.43. The molecule has 0 unspecified atom stereocenters. The van der Waals surface area contributed by atoms with Gasteiger partial charge in [-0.15, -0.1) is 0 Å². The Morgan fingerprint density at radius 1 is 0.786 bits per heavy atom. The van der Waals surface area contributed by atoms with Crippen LogP contribution in [-0.4, -0.2) is 24.1 Å². The van der Waals surface area contributed by atoms with E-state index in [1.165, 1.54) is 22.4 Å². The van der Waals surface area contributed by atoms with Gasteiger partial charge in [0, 0.05) is 36.5 Å². The lowest BCUT2D eigenvalue weighted by atomic mass is 9.99. The fraction of sp³-hybridized carbons (Fsp3) is 0.160. The van der Waals surface area contributed by atoms with E-state index in [0.29, 0.717) is 0 Å². The molecule has 0 amide bonds. The van der Waals surface area contributed by atoms with Crippen molar-refractivity contribution >= 4 is 5.69 Å². The number of hydrogen-bond acceptors (Lipinski definition) is 2. The van der Waals surface area contributed by atoms with Gasteiger partial charge in [0.05, 0.1) is 11.4 Å². The number of nitrogens with zero attached hydrogens (tertiary/aromatic N) is 2. The zero-order chi connectivity index (χ0) is 19.7. The number of nitrogens with one attached hydrogen (secondary N) is 1. The van der Waals surface area contributed by atoms with Crippen molar-refractivity contribution in [3.8, 4) is 33.9 Å². The van der Waals surface area contributed by atoms with Crippen molar-refractivity contribution in [2.24, 2.45) is 0 Å². The number of H-pyrrole nitrogens is 1. The summed E-state index contributed by atoms with van der Waals surface area (Å²) in [6.07, 6.45) is 0. The van der Waals surface area contributed by atoms with E-state index in [-0.39, 0.29) is 0 Å². The Bertz CT molecular complexity index is 1090. The topological polar surface area (TPSA) is 31.9 Å². The summed E-state index contributed by atoms with van der Waals surface area (Å²) in [4.78, 5) is 10.7. The summed E-state index contributed by atoms with van der Waals surface area (Å²) in [6, 6.07) is 25.4. The zero-order valence-corrected chi connectivity index (χ0v) is 16.8. The molecule has 3 aromatic carbocycles. The van der Waals surface area contributed by atoms with E-state index in [1.54, 1.807) is 0 Å². The quantitative estimate of drug-likeness (QED) is 0.473. The van der Waals surface area contributed by atoms with Crippen LogP contribution in [0.25, 0.3) is 33.9 Å². The molecule has 0 radical (unpaired) electrons. The van der Waals surface area contributed by atoms with Gasteiger partial charge in [0.2, 0.25) is 0 Å². The van der Waals surface area contributed by atoms with Crippen LogP contribution in [0.3, 0.4) is 0 Å². The Labute approximate surface area is 166 Å². The summed E-state index contributed by atoms with van der Waals surface area (Å²) < 4.78 is 0. The van der Waals surface area contributed by atoms with Crippen LogP contribution >= 0.6 is 0 Å². The van der Waals surface area contributed by atoms with Gasteiger partial charge in [0.15, 0.2) is 0 Å². The molecule has 0 saturated carbocycles. The molecule has 140 valence electrons. The Morgan fingerprint density at radius 3 is 2.18 bits per heavy atom. The van der Waals surface area contributed by atoms with Gasteiger partial charge >= 0.3 is 0 Å². The first-order valence-electron chi connectivity index (χ1n) is 9.54. The number of rotatable bonds is 4. The van der Waals surface area contributed by atoms with E-state index in [4.69, 9.17) is 4.98 Å². The summed E-state index contributed by atoms with van der Waals surface area (Å²) in [5.74, 6) is 0.889. The fourth-order valence-corrected chi connectivity index (χ4v) is 3.43. The van der Waals surface area contributed by atoms with Crippen LogP contribution in [0.4, 0.5) is 5.69 Å². The van der Waals surface area contributed by atoms with E-state index in [1.807, 2.05) is 20.2 Å². The predicted octanol–water partition coefficient (Wildman–Crippen LogP) is 6.09. The third-order valence-electron chi connectivity index (χ3n) is 5.07. The van der Waals surface area contributed by atoms with Crippen LogP contribution in [0.2, 0.25) is 0 Å². The number of aryl methyl sites for hydroxylation is 2. The first-order chi connectivity index (χ1) is 13.5. The number of aromatic nitrogens is 2. The van der Waals surface area contributed by atoms with Crippen LogP contribution in [0, 0.1) is 13.8 Å². The maximum absolute atomic E-state index is 5.00. The normalized spacial score (nSPS) is 10.9. The van der Waals surface area contributed by atoms with Gasteiger partial charge in [-0.05, 0) is 49.7 Å². The Balaban J connectivity index is 1.88. The molecule has 0 aliphatic carbocycles. The number of aromatic amines is 1. The first-order valence-corrected chi connectivity index (χ1v) is 9.54. The van der Waals surface area contributed by atoms with E-state index in [9.17, 15) is 0 Å². The second kappa shape index (κ2) is 7.35. The third-order valence-corrected chi connectivity index (χ3v) is 5.07. The molecule has 0 fully saturated rings. The zero-order valence-electron chi connectivity index (χ0n) is 16.8.